The van der Waals surface area contributed by atoms with Crippen molar-refractivity contribution >= 4 is 33.7 Å². The molecule has 0 heterocycles. The number of carbonyl (C=O) groups is 3. The number of carboxylic acids is 1. The number of hydrogen-bond donors (Lipinski definition) is 1. The molecule has 5 nitrogen and oxygen atoms in total. The largest absolute Gasteiger partial charge is 0.481 e. The second-order valence-electron chi connectivity index (χ2n) is 11.3. The lowest BCUT2D eigenvalue weighted by atomic mass is 9.46. The van der Waals surface area contributed by atoms with Crippen LogP contribution in [0.2, 0.25) is 0 Å². The molecule has 8 atom stereocenters. The van der Waals surface area contributed by atoms with Crippen molar-refractivity contribution in [2.75, 3.05) is 6.61 Å². The standard InChI is InChI=1S/C25H37BrO5/c1-15(27)31-14-21(28)20-5-4-18-17-8-13-25(26)12-7-16(22(29)30)6-11-24(25,3)19(17)9-10-23(18,20)2/h16-20H,4-14H2,1-3H3,(H,29,30)/t16?,17?,18?,19?,20?,23-,24?,25-/m0/s1. The zero-order chi connectivity index (χ0) is 22.6. The van der Waals surface area contributed by atoms with E-state index >= 15 is 0 Å². The first-order valence-electron chi connectivity index (χ1n) is 12.1. The van der Waals surface area contributed by atoms with Gasteiger partial charge in [-0.2, -0.15) is 0 Å². The van der Waals surface area contributed by atoms with E-state index in [9.17, 15) is 19.5 Å². The Morgan fingerprint density at radius 2 is 1.61 bits per heavy atom. The highest BCUT2D eigenvalue weighted by atomic mass is 79.9. The molecule has 174 valence electrons. The van der Waals surface area contributed by atoms with Crippen molar-refractivity contribution < 1.29 is 24.2 Å². The normalized spacial score (nSPS) is 46.8. The molecule has 0 radical (unpaired) electrons. The zero-order valence-corrected chi connectivity index (χ0v) is 20.7. The van der Waals surface area contributed by atoms with E-state index in [4.69, 9.17) is 4.74 Å². The molecule has 0 amide bonds. The fraction of sp³-hybridized carbons (Fsp3) is 0.880. The van der Waals surface area contributed by atoms with Gasteiger partial charge in [0.25, 0.3) is 0 Å². The van der Waals surface area contributed by atoms with Gasteiger partial charge in [0, 0.05) is 17.2 Å². The summed E-state index contributed by atoms with van der Waals surface area (Å²) in [5, 5.41) is 9.63. The van der Waals surface area contributed by atoms with Crippen molar-refractivity contribution in [3.63, 3.8) is 0 Å². The van der Waals surface area contributed by atoms with Crippen LogP contribution in [0.25, 0.3) is 0 Å². The van der Waals surface area contributed by atoms with E-state index in [1.165, 1.54) is 6.92 Å². The first-order valence-corrected chi connectivity index (χ1v) is 12.9. The van der Waals surface area contributed by atoms with Crippen LogP contribution in [-0.2, 0) is 19.1 Å². The van der Waals surface area contributed by atoms with Crippen molar-refractivity contribution in [1.29, 1.82) is 0 Å². The maximum atomic E-state index is 12.9. The number of aliphatic carboxylic acids is 1. The Morgan fingerprint density at radius 1 is 0.935 bits per heavy atom. The number of carboxylic acid groups (broad SMARTS) is 1. The van der Waals surface area contributed by atoms with Crippen molar-refractivity contribution in [1.82, 2.24) is 0 Å². The molecule has 0 aromatic heterocycles. The second-order valence-corrected chi connectivity index (χ2v) is 12.8. The number of carbonyl (C=O) groups excluding carboxylic acids is 2. The third-order valence-electron chi connectivity index (χ3n) is 10.2. The first kappa shape index (κ1) is 23.3. The van der Waals surface area contributed by atoms with Gasteiger partial charge >= 0.3 is 11.9 Å². The summed E-state index contributed by atoms with van der Waals surface area (Å²) in [5.41, 5.74) is 0.0939. The summed E-state index contributed by atoms with van der Waals surface area (Å²) in [7, 11) is 0. The Bertz CT molecular complexity index is 767. The Morgan fingerprint density at radius 3 is 2.29 bits per heavy atom. The van der Waals surface area contributed by atoms with E-state index < -0.39 is 11.9 Å². The fourth-order valence-electron chi connectivity index (χ4n) is 8.39. The lowest BCUT2D eigenvalue weighted by molar-refractivity contribution is -0.149. The topological polar surface area (TPSA) is 80.7 Å². The molecule has 6 heteroatoms. The van der Waals surface area contributed by atoms with Crippen LogP contribution in [0, 0.1) is 40.4 Å². The molecule has 1 N–H and O–H groups in total. The minimum Gasteiger partial charge on any atom is -0.481 e. The van der Waals surface area contributed by atoms with E-state index in [1.54, 1.807) is 0 Å². The van der Waals surface area contributed by atoms with Crippen LogP contribution in [0.5, 0.6) is 0 Å². The molecule has 0 aromatic rings. The number of ether oxygens (including phenoxy) is 1. The Balaban J connectivity index is 1.56. The Labute approximate surface area is 194 Å². The van der Waals surface area contributed by atoms with E-state index in [0.29, 0.717) is 17.8 Å². The molecule has 31 heavy (non-hydrogen) atoms. The van der Waals surface area contributed by atoms with Gasteiger partial charge in [-0.15, -0.1) is 0 Å². The number of alkyl halides is 1. The summed E-state index contributed by atoms with van der Waals surface area (Å²) >= 11 is 4.18. The number of esters is 1. The summed E-state index contributed by atoms with van der Waals surface area (Å²) < 4.78 is 5.08. The van der Waals surface area contributed by atoms with Gasteiger partial charge in [0.2, 0.25) is 0 Å². The number of Topliss-reactive ketones (excluding diaryl/α,β-unsaturated/α-hetero) is 1. The van der Waals surface area contributed by atoms with Gasteiger partial charge < -0.3 is 9.84 Å². The molecular weight excluding hydrogens is 460 g/mol. The molecule has 0 aromatic carbocycles. The fourth-order valence-corrected chi connectivity index (χ4v) is 9.34. The van der Waals surface area contributed by atoms with Crippen LogP contribution >= 0.6 is 15.9 Å². The molecule has 4 fully saturated rings. The highest BCUT2D eigenvalue weighted by Crippen LogP contribution is 2.69. The highest BCUT2D eigenvalue weighted by molar-refractivity contribution is 9.10. The van der Waals surface area contributed by atoms with Crippen LogP contribution in [0.3, 0.4) is 0 Å². The number of halogens is 1. The van der Waals surface area contributed by atoms with Gasteiger partial charge in [-0.3, -0.25) is 14.4 Å². The van der Waals surface area contributed by atoms with E-state index in [0.717, 1.165) is 64.2 Å². The summed E-state index contributed by atoms with van der Waals surface area (Å²) in [5.74, 6) is 0.537. The van der Waals surface area contributed by atoms with Crippen LogP contribution in [0.4, 0.5) is 0 Å². The lowest BCUT2D eigenvalue weighted by Crippen LogP contribution is -2.57. The third kappa shape index (κ3) is 3.69. The van der Waals surface area contributed by atoms with Gasteiger partial charge in [-0.1, -0.05) is 29.8 Å². The summed E-state index contributed by atoms with van der Waals surface area (Å²) in [6.07, 6.45) is 9.83. The first-order chi connectivity index (χ1) is 14.5. The SMILES string of the molecule is CC(=O)OCC(=O)C1CCC2C3CC[C@@]4(Br)CCC(C(=O)O)CCC4(C)C3CC[C@]12C. The van der Waals surface area contributed by atoms with Crippen molar-refractivity contribution in [2.24, 2.45) is 40.4 Å². The molecule has 0 bridgehead atoms. The Hall–Kier alpha value is -0.910. The summed E-state index contributed by atoms with van der Waals surface area (Å²) in [6, 6.07) is 0. The lowest BCUT2D eigenvalue weighted by Gasteiger charge is -2.62. The molecule has 4 aliphatic carbocycles. The van der Waals surface area contributed by atoms with Gasteiger partial charge in [-0.25, -0.2) is 0 Å². The van der Waals surface area contributed by atoms with Crippen LogP contribution in [-0.4, -0.2) is 33.8 Å². The summed E-state index contributed by atoms with van der Waals surface area (Å²) in [4.78, 5) is 35.8. The van der Waals surface area contributed by atoms with E-state index in [-0.39, 0.29) is 39.4 Å². The quantitative estimate of drug-likeness (QED) is 0.416. The predicted molar refractivity (Wildman–Crippen MR) is 121 cm³/mol. The van der Waals surface area contributed by atoms with E-state index in [2.05, 4.69) is 29.8 Å². The average molecular weight is 497 g/mol. The molecule has 0 aliphatic heterocycles. The zero-order valence-electron chi connectivity index (χ0n) is 19.1. The molecule has 4 rings (SSSR count). The maximum absolute atomic E-state index is 12.9. The van der Waals surface area contributed by atoms with E-state index in [1.807, 2.05) is 0 Å². The highest BCUT2D eigenvalue weighted by Gasteiger charge is 2.64. The number of ketones is 1. The number of fused-ring (bicyclic) bond motifs is 5. The number of rotatable bonds is 4. The van der Waals surface area contributed by atoms with Crippen molar-refractivity contribution in [2.45, 2.75) is 89.3 Å². The minimum absolute atomic E-state index is 0.00456. The second kappa shape index (κ2) is 8.14. The molecular formula is C25H37BrO5. The molecule has 6 unspecified atom stereocenters. The Kier molecular flexibility index (Phi) is 6.11. The molecule has 4 saturated carbocycles. The van der Waals surface area contributed by atoms with Crippen molar-refractivity contribution in [3.05, 3.63) is 0 Å². The molecule has 4 aliphatic rings. The van der Waals surface area contributed by atoms with Crippen LogP contribution in [0.15, 0.2) is 0 Å². The average Bonchev–Trinajstić information content (AvgIpc) is 2.98. The molecule has 0 saturated heterocycles. The minimum atomic E-state index is -0.643. The smallest absolute Gasteiger partial charge is 0.306 e. The summed E-state index contributed by atoms with van der Waals surface area (Å²) in [6.45, 7) is 6.00. The third-order valence-corrected chi connectivity index (χ3v) is 11.9. The monoisotopic (exact) mass is 496 g/mol. The molecule has 0 spiro atoms. The van der Waals surface area contributed by atoms with Crippen LogP contribution < -0.4 is 0 Å². The number of hydrogen-bond acceptors (Lipinski definition) is 4. The van der Waals surface area contributed by atoms with Gasteiger partial charge in [0.1, 0.15) is 6.61 Å². The van der Waals surface area contributed by atoms with Gasteiger partial charge in [0.05, 0.1) is 5.92 Å². The van der Waals surface area contributed by atoms with Gasteiger partial charge in [0.15, 0.2) is 5.78 Å². The van der Waals surface area contributed by atoms with Crippen molar-refractivity contribution in [3.8, 4) is 0 Å². The van der Waals surface area contributed by atoms with Crippen LogP contribution in [0.1, 0.15) is 85.0 Å². The maximum Gasteiger partial charge on any atom is 0.306 e. The van der Waals surface area contributed by atoms with Gasteiger partial charge in [-0.05, 0) is 92.8 Å². The predicted octanol–water partition coefficient (Wildman–Crippen LogP) is 5.39.